The molecule has 18 heavy (non-hydrogen) atoms. The Labute approximate surface area is 114 Å². The molecule has 1 aromatic heterocycles. The van der Waals surface area contributed by atoms with Crippen molar-refractivity contribution in [3.63, 3.8) is 0 Å². The van der Waals surface area contributed by atoms with Gasteiger partial charge in [-0.3, -0.25) is 4.68 Å². The van der Waals surface area contributed by atoms with E-state index in [-0.39, 0.29) is 5.82 Å². The fourth-order valence-electron chi connectivity index (χ4n) is 1.85. The van der Waals surface area contributed by atoms with Crippen LogP contribution < -0.4 is 5.32 Å². The van der Waals surface area contributed by atoms with E-state index in [4.69, 9.17) is 0 Å². The van der Waals surface area contributed by atoms with Crippen LogP contribution in [0.25, 0.3) is 0 Å². The highest BCUT2D eigenvalue weighted by atomic mass is 79.9. The van der Waals surface area contributed by atoms with Crippen LogP contribution in [0.5, 0.6) is 0 Å². The smallest absolute Gasteiger partial charge is 0.147 e. The van der Waals surface area contributed by atoms with Gasteiger partial charge in [-0.1, -0.05) is 22.9 Å². The number of aryl methyl sites for hydroxylation is 2. The summed E-state index contributed by atoms with van der Waals surface area (Å²) in [6.07, 6.45) is 2.84. The number of nitrogens with zero attached hydrogens (tertiary/aromatic N) is 2. The highest BCUT2D eigenvalue weighted by Crippen LogP contribution is 2.20. The molecule has 0 aliphatic heterocycles. The summed E-state index contributed by atoms with van der Waals surface area (Å²) in [5.74, 6) is -0.258. The van der Waals surface area contributed by atoms with E-state index in [0.29, 0.717) is 12.2 Å². The van der Waals surface area contributed by atoms with Gasteiger partial charge in [0.2, 0.25) is 0 Å². The number of hydrogen-bond donors (Lipinski definition) is 1. The van der Waals surface area contributed by atoms with Gasteiger partial charge in [0.05, 0.1) is 11.4 Å². The van der Waals surface area contributed by atoms with Gasteiger partial charge in [0, 0.05) is 29.8 Å². The Kier molecular flexibility index (Phi) is 4.01. The van der Waals surface area contributed by atoms with Crippen molar-refractivity contribution < 1.29 is 4.39 Å². The lowest BCUT2D eigenvalue weighted by atomic mass is 10.2. The van der Waals surface area contributed by atoms with Crippen LogP contribution in [0.15, 0.2) is 28.9 Å². The first-order chi connectivity index (χ1) is 8.60. The van der Waals surface area contributed by atoms with E-state index in [1.807, 2.05) is 19.3 Å². The molecular weight excluding hydrogens is 297 g/mol. The SMILES string of the molecule is CCc1nn(C)cc1CNc1ccc(Br)cc1F. The van der Waals surface area contributed by atoms with E-state index in [0.717, 1.165) is 22.2 Å². The fraction of sp³-hybridized carbons (Fsp3) is 0.308. The number of benzene rings is 1. The minimum absolute atomic E-state index is 0.258. The summed E-state index contributed by atoms with van der Waals surface area (Å²) in [4.78, 5) is 0. The van der Waals surface area contributed by atoms with Crippen molar-refractivity contribution in [1.82, 2.24) is 9.78 Å². The van der Waals surface area contributed by atoms with E-state index in [1.54, 1.807) is 10.7 Å². The Bertz CT molecular complexity index is 551. The molecule has 0 aliphatic rings. The van der Waals surface area contributed by atoms with Crippen LogP contribution >= 0.6 is 15.9 Å². The fourth-order valence-corrected chi connectivity index (χ4v) is 2.19. The molecule has 0 amide bonds. The van der Waals surface area contributed by atoms with E-state index < -0.39 is 0 Å². The molecule has 0 atom stereocenters. The molecule has 2 rings (SSSR count). The van der Waals surface area contributed by atoms with Crippen molar-refractivity contribution in [2.75, 3.05) is 5.32 Å². The number of anilines is 1. The van der Waals surface area contributed by atoms with Crippen LogP contribution in [-0.4, -0.2) is 9.78 Å². The summed E-state index contributed by atoms with van der Waals surface area (Å²) >= 11 is 3.24. The van der Waals surface area contributed by atoms with Gasteiger partial charge in [-0.15, -0.1) is 0 Å². The summed E-state index contributed by atoms with van der Waals surface area (Å²) in [5.41, 5.74) is 2.65. The molecule has 1 aromatic carbocycles. The minimum Gasteiger partial charge on any atom is -0.378 e. The average molecular weight is 312 g/mol. The van der Waals surface area contributed by atoms with Gasteiger partial charge in [0.15, 0.2) is 0 Å². The Morgan fingerprint density at radius 3 is 2.89 bits per heavy atom. The zero-order valence-corrected chi connectivity index (χ0v) is 12.0. The molecule has 5 heteroatoms. The summed E-state index contributed by atoms with van der Waals surface area (Å²) in [6.45, 7) is 2.64. The maximum atomic E-state index is 13.6. The first-order valence-corrected chi connectivity index (χ1v) is 6.59. The number of nitrogens with one attached hydrogen (secondary N) is 1. The van der Waals surface area contributed by atoms with Gasteiger partial charge in [-0.25, -0.2) is 4.39 Å². The molecule has 3 nitrogen and oxygen atoms in total. The average Bonchev–Trinajstić information content (AvgIpc) is 2.68. The third-order valence-corrected chi connectivity index (χ3v) is 3.22. The second-order valence-electron chi connectivity index (χ2n) is 4.11. The number of rotatable bonds is 4. The maximum Gasteiger partial charge on any atom is 0.147 e. The molecule has 2 aromatic rings. The summed E-state index contributed by atoms with van der Waals surface area (Å²) in [6, 6.07) is 4.99. The van der Waals surface area contributed by atoms with Crippen LogP contribution in [0, 0.1) is 5.82 Å². The van der Waals surface area contributed by atoms with Crippen LogP contribution in [0.4, 0.5) is 10.1 Å². The molecule has 0 unspecified atom stereocenters. The third kappa shape index (κ3) is 2.90. The Morgan fingerprint density at radius 1 is 1.44 bits per heavy atom. The third-order valence-electron chi connectivity index (χ3n) is 2.73. The van der Waals surface area contributed by atoms with Crippen molar-refractivity contribution >= 4 is 21.6 Å². The first kappa shape index (κ1) is 13.1. The lowest BCUT2D eigenvalue weighted by molar-refractivity contribution is 0.629. The molecule has 0 saturated carbocycles. The lowest BCUT2D eigenvalue weighted by Crippen LogP contribution is -2.02. The largest absolute Gasteiger partial charge is 0.378 e. The second kappa shape index (κ2) is 5.52. The standard InChI is InChI=1S/C13H15BrFN3/c1-3-12-9(8-18(2)17-12)7-16-13-5-4-10(14)6-11(13)15/h4-6,8,16H,3,7H2,1-2H3. The van der Waals surface area contributed by atoms with Crippen LogP contribution in [-0.2, 0) is 20.0 Å². The predicted octanol–water partition coefficient (Wildman–Crippen LogP) is 3.50. The maximum absolute atomic E-state index is 13.6. The van der Waals surface area contributed by atoms with Crippen molar-refractivity contribution in [1.29, 1.82) is 0 Å². The molecule has 0 fully saturated rings. The van der Waals surface area contributed by atoms with E-state index >= 15 is 0 Å². The van der Waals surface area contributed by atoms with Crippen molar-refractivity contribution in [2.45, 2.75) is 19.9 Å². The molecule has 1 heterocycles. The molecule has 0 saturated heterocycles. The molecular formula is C13H15BrFN3. The molecule has 0 radical (unpaired) electrons. The van der Waals surface area contributed by atoms with Gasteiger partial charge >= 0.3 is 0 Å². The molecule has 96 valence electrons. The van der Waals surface area contributed by atoms with Crippen molar-refractivity contribution in [2.24, 2.45) is 7.05 Å². The number of hydrogen-bond acceptors (Lipinski definition) is 2. The normalized spacial score (nSPS) is 10.7. The first-order valence-electron chi connectivity index (χ1n) is 5.80. The summed E-state index contributed by atoms with van der Waals surface area (Å²) in [7, 11) is 1.89. The van der Waals surface area contributed by atoms with E-state index in [2.05, 4.69) is 33.3 Å². The van der Waals surface area contributed by atoms with Gasteiger partial charge in [0.25, 0.3) is 0 Å². The highest BCUT2D eigenvalue weighted by Gasteiger charge is 2.07. The van der Waals surface area contributed by atoms with Crippen molar-refractivity contribution in [3.8, 4) is 0 Å². The Balaban J connectivity index is 2.11. The monoisotopic (exact) mass is 311 g/mol. The predicted molar refractivity (Wildman–Crippen MR) is 74.0 cm³/mol. The summed E-state index contributed by atoms with van der Waals surface area (Å²) in [5, 5.41) is 7.45. The molecule has 1 N–H and O–H groups in total. The van der Waals surface area contributed by atoms with Crippen LogP contribution in [0.3, 0.4) is 0 Å². The van der Waals surface area contributed by atoms with E-state index in [1.165, 1.54) is 6.07 Å². The number of aromatic nitrogens is 2. The molecule has 0 aliphatic carbocycles. The van der Waals surface area contributed by atoms with Gasteiger partial charge in [0.1, 0.15) is 5.82 Å². The zero-order chi connectivity index (χ0) is 13.1. The van der Waals surface area contributed by atoms with Gasteiger partial charge in [-0.05, 0) is 24.6 Å². The second-order valence-corrected chi connectivity index (χ2v) is 5.02. The van der Waals surface area contributed by atoms with Crippen LogP contribution in [0.2, 0.25) is 0 Å². The molecule has 0 bridgehead atoms. The summed E-state index contributed by atoms with van der Waals surface area (Å²) < 4.78 is 16.2. The minimum atomic E-state index is -0.258. The Morgan fingerprint density at radius 2 is 2.22 bits per heavy atom. The Hall–Kier alpha value is -1.36. The van der Waals surface area contributed by atoms with Gasteiger partial charge in [-0.2, -0.15) is 5.10 Å². The quantitative estimate of drug-likeness (QED) is 0.936. The van der Waals surface area contributed by atoms with Crippen molar-refractivity contribution in [3.05, 3.63) is 45.9 Å². The van der Waals surface area contributed by atoms with Crippen LogP contribution in [0.1, 0.15) is 18.2 Å². The zero-order valence-electron chi connectivity index (χ0n) is 10.4. The lowest BCUT2D eigenvalue weighted by Gasteiger charge is -2.07. The van der Waals surface area contributed by atoms with Gasteiger partial charge < -0.3 is 5.32 Å². The highest BCUT2D eigenvalue weighted by molar-refractivity contribution is 9.10. The topological polar surface area (TPSA) is 29.9 Å². The number of halogens is 2. The van der Waals surface area contributed by atoms with E-state index in [9.17, 15) is 4.39 Å². The molecule has 0 spiro atoms.